The number of aromatic nitrogens is 1. The Labute approximate surface area is 236 Å². The maximum atomic E-state index is 11.6. The molecule has 5 aromatic rings. The predicted molar refractivity (Wildman–Crippen MR) is 156 cm³/mol. The summed E-state index contributed by atoms with van der Waals surface area (Å²) < 4.78 is 12.4. The second-order valence-electron chi connectivity index (χ2n) is 9.33. The van der Waals surface area contributed by atoms with Crippen LogP contribution in [0.3, 0.4) is 0 Å². The molecule has 40 heavy (non-hydrogen) atoms. The quantitative estimate of drug-likeness (QED) is 0.127. The molecular formula is C31H24N4O4S. The average Bonchev–Trinajstić information content (AvgIpc) is 3.60. The molecule has 2 aromatic heterocycles. The van der Waals surface area contributed by atoms with Crippen LogP contribution in [0.2, 0.25) is 0 Å². The summed E-state index contributed by atoms with van der Waals surface area (Å²) in [5.74, 6) is 2.49. The second-order valence-corrected chi connectivity index (χ2v) is 9.72. The van der Waals surface area contributed by atoms with E-state index in [0.717, 1.165) is 22.7 Å². The largest absolute Gasteiger partial charge is 0.459 e. The Morgan fingerprint density at radius 2 is 1.70 bits per heavy atom. The lowest BCUT2D eigenvalue weighted by molar-refractivity contribution is -0.384. The zero-order chi connectivity index (χ0) is 27.6. The van der Waals surface area contributed by atoms with Gasteiger partial charge in [-0.1, -0.05) is 36.4 Å². The zero-order valence-corrected chi connectivity index (χ0v) is 22.2. The molecule has 0 radical (unpaired) electrons. The smallest absolute Gasteiger partial charge is 0.280 e. The zero-order valence-electron chi connectivity index (χ0n) is 21.4. The maximum Gasteiger partial charge on any atom is 0.280 e. The lowest BCUT2D eigenvalue weighted by Gasteiger charge is -2.26. The molecule has 3 aromatic carbocycles. The monoisotopic (exact) mass is 548 g/mol. The van der Waals surface area contributed by atoms with E-state index in [-0.39, 0.29) is 11.7 Å². The van der Waals surface area contributed by atoms with E-state index >= 15 is 0 Å². The highest BCUT2D eigenvalue weighted by Gasteiger charge is 2.42. The van der Waals surface area contributed by atoms with Crippen LogP contribution in [0.4, 0.5) is 11.4 Å². The van der Waals surface area contributed by atoms with Gasteiger partial charge in [0.15, 0.2) is 5.11 Å². The fourth-order valence-electron chi connectivity index (χ4n) is 4.89. The van der Waals surface area contributed by atoms with E-state index < -0.39 is 11.0 Å². The molecule has 1 fully saturated rings. The first-order valence-electron chi connectivity index (χ1n) is 12.7. The average molecular weight is 549 g/mol. The Morgan fingerprint density at radius 3 is 2.45 bits per heavy atom. The minimum absolute atomic E-state index is 0.0224. The van der Waals surface area contributed by atoms with Gasteiger partial charge in [0.1, 0.15) is 29.1 Å². The third kappa shape index (κ3) is 4.78. The van der Waals surface area contributed by atoms with E-state index in [2.05, 4.69) is 10.3 Å². The molecule has 1 N–H and O–H groups in total. The van der Waals surface area contributed by atoms with Crippen molar-refractivity contribution in [2.75, 3.05) is 4.90 Å². The number of benzene rings is 3. The van der Waals surface area contributed by atoms with Gasteiger partial charge in [0.25, 0.3) is 5.69 Å². The van der Waals surface area contributed by atoms with Crippen molar-refractivity contribution < 1.29 is 14.1 Å². The fraction of sp³-hybridized carbons (Fsp3) is 0.0968. The van der Waals surface area contributed by atoms with Crippen LogP contribution in [0.1, 0.15) is 29.1 Å². The van der Waals surface area contributed by atoms with Gasteiger partial charge in [-0.15, -0.1) is 0 Å². The van der Waals surface area contributed by atoms with Gasteiger partial charge in [-0.2, -0.15) is 0 Å². The lowest BCUT2D eigenvalue weighted by atomic mass is 10.0. The van der Waals surface area contributed by atoms with E-state index in [0.29, 0.717) is 27.9 Å². The number of furan rings is 1. The molecule has 9 heteroatoms. The van der Waals surface area contributed by atoms with Gasteiger partial charge in [-0.3, -0.25) is 15.1 Å². The number of nitro benzene ring substituents is 1. The first-order valence-corrected chi connectivity index (χ1v) is 13.1. The predicted octanol–water partition coefficient (Wildman–Crippen LogP) is 7.53. The fourth-order valence-corrected chi connectivity index (χ4v) is 5.24. The van der Waals surface area contributed by atoms with Crippen molar-refractivity contribution in [2.45, 2.75) is 19.0 Å². The summed E-state index contributed by atoms with van der Waals surface area (Å²) in [6.07, 6.45) is 1.73. The molecule has 0 bridgehead atoms. The summed E-state index contributed by atoms with van der Waals surface area (Å²) in [5, 5.41) is 15.6. The van der Waals surface area contributed by atoms with E-state index in [1.807, 2.05) is 84.6 Å². The maximum absolute atomic E-state index is 11.6. The van der Waals surface area contributed by atoms with Crippen molar-refractivity contribution in [3.63, 3.8) is 0 Å². The number of ether oxygens (including phenoxy) is 1. The highest BCUT2D eigenvalue weighted by molar-refractivity contribution is 7.80. The standard InChI is InChI=1S/C31H24N4O4S/c1-20-8-2-5-12-26(20)38-22-15-13-21(14-16-22)34-30(29(33-31(34)40)24-10-6-7-19-32-24)28-18-17-27(39-28)23-9-3-4-11-25(23)35(36)37/h2-19,29-30H,1H3,(H,33,40). The number of hydrogen-bond donors (Lipinski definition) is 1. The van der Waals surface area contributed by atoms with Crippen LogP contribution in [0.15, 0.2) is 114 Å². The van der Waals surface area contributed by atoms with Crippen molar-refractivity contribution in [3.8, 4) is 22.8 Å². The van der Waals surface area contributed by atoms with E-state index in [9.17, 15) is 10.1 Å². The number of anilines is 1. The Kier molecular flexibility index (Phi) is 6.71. The summed E-state index contributed by atoms with van der Waals surface area (Å²) in [7, 11) is 0. The first kappa shape index (κ1) is 25.3. The van der Waals surface area contributed by atoms with Crippen LogP contribution in [-0.2, 0) is 0 Å². The molecule has 1 saturated heterocycles. The third-order valence-corrected chi connectivity index (χ3v) is 7.13. The summed E-state index contributed by atoms with van der Waals surface area (Å²) in [6, 6.07) is 30.7. The number of para-hydroxylation sites is 2. The minimum Gasteiger partial charge on any atom is -0.459 e. The SMILES string of the molecule is Cc1ccccc1Oc1ccc(N2C(=S)NC(c3ccccn3)C2c2ccc(-c3ccccc3[N+](=O)[O-])o2)cc1. The molecule has 2 atom stereocenters. The molecule has 1 aliphatic heterocycles. The molecule has 0 spiro atoms. The summed E-state index contributed by atoms with van der Waals surface area (Å²) in [6.45, 7) is 2.00. The van der Waals surface area contributed by atoms with Crippen molar-refractivity contribution in [1.29, 1.82) is 0 Å². The topological polar surface area (TPSA) is 93.7 Å². The Hall–Kier alpha value is -5.02. The third-order valence-electron chi connectivity index (χ3n) is 6.82. The van der Waals surface area contributed by atoms with E-state index in [1.165, 1.54) is 6.07 Å². The molecule has 0 aliphatic carbocycles. The molecule has 0 saturated carbocycles. The van der Waals surface area contributed by atoms with Gasteiger partial charge in [-0.05, 0) is 85.4 Å². The summed E-state index contributed by atoms with van der Waals surface area (Å²) in [5.41, 5.74) is 3.06. The highest BCUT2D eigenvalue weighted by atomic mass is 32.1. The highest BCUT2D eigenvalue weighted by Crippen LogP contribution is 2.44. The van der Waals surface area contributed by atoms with Crippen LogP contribution in [0.5, 0.6) is 11.5 Å². The molecule has 8 nitrogen and oxygen atoms in total. The van der Waals surface area contributed by atoms with E-state index in [4.69, 9.17) is 21.4 Å². The molecule has 3 heterocycles. The molecule has 6 rings (SSSR count). The van der Waals surface area contributed by atoms with Crippen molar-refractivity contribution in [2.24, 2.45) is 0 Å². The number of aryl methyl sites for hydroxylation is 1. The molecule has 0 amide bonds. The summed E-state index contributed by atoms with van der Waals surface area (Å²) >= 11 is 5.81. The normalized spacial score (nSPS) is 16.5. The number of hydrogen-bond acceptors (Lipinski definition) is 6. The minimum atomic E-state index is -0.409. The van der Waals surface area contributed by atoms with Crippen LogP contribution in [0.25, 0.3) is 11.3 Å². The van der Waals surface area contributed by atoms with Gasteiger partial charge < -0.3 is 19.4 Å². The van der Waals surface area contributed by atoms with Gasteiger partial charge in [0, 0.05) is 18.0 Å². The number of nitrogens with one attached hydrogen (secondary N) is 1. The van der Waals surface area contributed by atoms with Gasteiger partial charge in [0.2, 0.25) is 0 Å². The number of rotatable bonds is 7. The van der Waals surface area contributed by atoms with E-state index in [1.54, 1.807) is 30.5 Å². The lowest BCUT2D eigenvalue weighted by Crippen LogP contribution is -2.29. The number of nitro groups is 1. The number of pyridine rings is 1. The number of thiocarbonyl (C=S) groups is 1. The van der Waals surface area contributed by atoms with Crippen molar-refractivity contribution >= 4 is 28.7 Å². The molecule has 1 aliphatic rings. The summed E-state index contributed by atoms with van der Waals surface area (Å²) in [4.78, 5) is 17.8. The van der Waals surface area contributed by atoms with Crippen LogP contribution >= 0.6 is 12.2 Å². The van der Waals surface area contributed by atoms with Crippen LogP contribution in [0, 0.1) is 17.0 Å². The first-order chi connectivity index (χ1) is 19.5. The van der Waals surface area contributed by atoms with Crippen molar-refractivity contribution in [3.05, 3.63) is 136 Å². The Balaban J connectivity index is 1.37. The van der Waals surface area contributed by atoms with Gasteiger partial charge >= 0.3 is 0 Å². The van der Waals surface area contributed by atoms with Crippen molar-refractivity contribution in [1.82, 2.24) is 10.3 Å². The van der Waals surface area contributed by atoms with Gasteiger partial charge in [-0.25, -0.2) is 0 Å². The van der Waals surface area contributed by atoms with Gasteiger partial charge in [0.05, 0.1) is 22.2 Å². The Bertz CT molecular complexity index is 1690. The number of nitrogens with zero attached hydrogens (tertiary/aromatic N) is 3. The van der Waals surface area contributed by atoms with Crippen LogP contribution in [-0.4, -0.2) is 15.0 Å². The Morgan fingerprint density at radius 1 is 0.950 bits per heavy atom. The second kappa shape index (κ2) is 10.6. The molecule has 2 unspecified atom stereocenters. The van der Waals surface area contributed by atoms with Crippen LogP contribution < -0.4 is 15.0 Å². The molecular weight excluding hydrogens is 524 g/mol. The molecule has 198 valence electrons.